The molecule has 2 N–H and O–H groups in total. The summed E-state index contributed by atoms with van der Waals surface area (Å²) in [7, 11) is 1.47. The quantitative estimate of drug-likeness (QED) is 0.377. The normalized spacial score (nSPS) is 11.4. The van der Waals surface area contributed by atoms with Gasteiger partial charge in [-0.25, -0.2) is 4.79 Å². The second kappa shape index (κ2) is 9.31. The minimum atomic E-state index is -1.01. The van der Waals surface area contributed by atoms with Gasteiger partial charge in [-0.3, -0.25) is 0 Å². The van der Waals surface area contributed by atoms with Crippen LogP contribution in [0.25, 0.3) is 16.3 Å². The smallest absolute Gasteiger partial charge is 0.336 e. The van der Waals surface area contributed by atoms with Crippen LogP contribution in [-0.2, 0) is 11.2 Å². The molecule has 0 saturated heterocycles. The lowest BCUT2D eigenvalue weighted by Crippen LogP contribution is -2.02. The lowest BCUT2D eigenvalue weighted by Gasteiger charge is -2.16. The van der Waals surface area contributed by atoms with Crippen LogP contribution in [-0.4, -0.2) is 23.3 Å². The fourth-order valence-electron chi connectivity index (χ4n) is 3.57. The highest BCUT2D eigenvalue weighted by Gasteiger charge is 2.20. The first-order valence-corrected chi connectivity index (χ1v) is 9.85. The van der Waals surface area contributed by atoms with Crippen molar-refractivity contribution in [1.82, 2.24) is 0 Å². The second-order valence-corrected chi connectivity index (χ2v) is 7.42. The highest BCUT2D eigenvalue weighted by Crippen LogP contribution is 2.41. The Hall–Kier alpha value is -3.53. The van der Waals surface area contributed by atoms with E-state index in [1.54, 1.807) is 12.1 Å². The number of carboxylic acids is 1. The van der Waals surface area contributed by atoms with Gasteiger partial charge in [-0.1, -0.05) is 66.3 Å². The molecule has 0 amide bonds. The molecule has 0 radical (unpaired) electrons. The highest BCUT2D eigenvalue weighted by atomic mass is 16.5. The molecule has 0 aliphatic heterocycles. The van der Waals surface area contributed by atoms with Crippen LogP contribution in [0.4, 0.5) is 0 Å². The molecule has 0 fully saturated rings. The molecular weight excluding hydrogens is 376 g/mol. The SMILES string of the molecule is COc1cc(C(=CCC=C(C)C)C(=O)O)c2cccc(Cc3ccccc3)c2c1O. The maximum atomic E-state index is 12.1. The summed E-state index contributed by atoms with van der Waals surface area (Å²) in [6.45, 7) is 3.95. The highest BCUT2D eigenvalue weighted by molar-refractivity contribution is 6.20. The van der Waals surface area contributed by atoms with E-state index < -0.39 is 5.97 Å². The van der Waals surface area contributed by atoms with Gasteiger partial charge in [0.25, 0.3) is 0 Å². The van der Waals surface area contributed by atoms with E-state index in [1.807, 2.05) is 68.5 Å². The first kappa shape index (κ1) is 21.2. The summed E-state index contributed by atoms with van der Waals surface area (Å²) in [6, 6.07) is 17.3. The summed E-state index contributed by atoms with van der Waals surface area (Å²) in [4.78, 5) is 12.1. The van der Waals surface area contributed by atoms with Crippen molar-refractivity contribution < 1.29 is 19.7 Å². The van der Waals surface area contributed by atoms with Crippen LogP contribution in [0.5, 0.6) is 11.5 Å². The Labute approximate surface area is 176 Å². The number of aliphatic carboxylic acids is 1. The topological polar surface area (TPSA) is 66.8 Å². The predicted octanol–water partition coefficient (Wildman–Crippen LogP) is 5.97. The molecule has 3 aromatic rings. The summed E-state index contributed by atoms with van der Waals surface area (Å²) in [5.41, 5.74) is 3.85. The maximum absolute atomic E-state index is 12.1. The third-order valence-corrected chi connectivity index (χ3v) is 5.01. The molecule has 30 heavy (non-hydrogen) atoms. The average molecular weight is 402 g/mol. The monoisotopic (exact) mass is 402 g/mol. The van der Waals surface area contributed by atoms with Gasteiger partial charge in [-0.2, -0.15) is 0 Å². The van der Waals surface area contributed by atoms with E-state index in [-0.39, 0.29) is 17.1 Å². The third-order valence-electron chi connectivity index (χ3n) is 5.01. The number of rotatable bonds is 7. The van der Waals surface area contributed by atoms with Crippen LogP contribution in [0.3, 0.4) is 0 Å². The Kier molecular flexibility index (Phi) is 6.58. The molecule has 4 nitrogen and oxygen atoms in total. The number of allylic oxidation sites excluding steroid dienone is 3. The molecule has 0 atom stereocenters. The number of carbonyl (C=O) groups is 1. The third kappa shape index (κ3) is 4.54. The number of ether oxygens (including phenoxy) is 1. The number of carboxylic acid groups (broad SMARTS) is 1. The number of benzene rings is 3. The fourth-order valence-corrected chi connectivity index (χ4v) is 3.57. The van der Waals surface area contributed by atoms with E-state index in [1.165, 1.54) is 7.11 Å². The molecule has 0 saturated carbocycles. The molecule has 0 unspecified atom stereocenters. The Morgan fingerprint density at radius 2 is 1.77 bits per heavy atom. The zero-order valence-electron chi connectivity index (χ0n) is 17.5. The molecule has 3 rings (SSSR count). The van der Waals surface area contributed by atoms with E-state index in [0.29, 0.717) is 29.2 Å². The summed E-state index contributed by atoms with van der Waals surface area (Å²) in [5.74, 6) is -0.733. The second-order valence-electron chi connectivity index (χ2n) is 7.42. The van der Waals surface area contributed by atoms with Crippen LogP contribution >= 0.6 is 0 Å². The molecular formula is C26H26O4. The summed E-state index contributed by atoms with van der Waals surface area (Å²) in [5, 5.41) is 22.1. The number of phenols is 1. The first-order valence-electron chi connectivity index (χ1n) is 9.85. The number of aromatic hydroxyl groups is 1. The van der Waals surface area contributed by atoms with Crippen molar-refractivity contribution >= 4 is 22.3 Å². The minimum absolute atomic E-state index is 0.0248. The number of hydrogen-bond donors (Lipinski definition) is 2. The van der Waals surface area contributed by atoms with Crippen molar-refractivity contribution in [3.05, 3.63) is 89.0 Å². The maximum Gasteiger partial charge on any atom is 0.336 e. The van der Waals surface area contributed by atoms with E-state index in [2.05, 4.69) is 0 Å². The summed E-state index contributed by atoms with van der Waals surface area (Å²) < 4.78 is 5.39. The fraction of sp³-hybridized carbons (Fsp3) is 0.192. The lowest BCUT2D eigenvalue weighted by atomic mass is 9.91. The van der Waals surface area contributed by atoms with Gasteiger partial charge in [0.15, 0.2) is 11.5 Å². The van der Waals surface area contributed by atoms with Crippen molar-refractivity contribution in [2.75, 3.05) is 7.11 Å². The standard InChI is InChI=1S/C26H26O4/c1-17(2)9-7-14-21(26(28)29)22-16-23(30-3)25(27)24-19(12-8-13-20(22)24)15-18-10-5-4-6-11-18/h4-6,8-14,16,27H,7,15H2,1-3H3,(H,28,29). The number of methoxy groups -OCH3 is 1. The summed E-state index contributed by atoms with van der Waals surface area (Å²) >= 11 is 0. The molecule has 0 spiro atoms. The molecule has 0 aliphatic rings. The van der Waals surface area contributed by atoms with Gasteiger partial charge < -0.3 is 14.9 Å². The van der Waals surface area contributed by atoms with Crippen LogP contribution in [0.1, 0.15) is 37.0 Å². The van der Waals surface area contributed by atoms with Gasteiger partial charge in [0.05, 0.1) is 12.7 Å². The Morgan fingerprint density at radius 3 is 2.40 bits per heavy atom. The predicted molar refractivity (Wildman–Crippen MR) is 121 cm³/mol. The molecule has 0 bridgehead atoms. The number of fused-ring (bicyclic) bond motifs is 1. The van der Waals surface area contributed by atoms with E-state index in [9.17, 15) is 15.0 Å². The van der Waals surface area contributed by atoms with E-state index in [4.69, 9.17) is 4.74 Å². The van der Waals surface area contributed by atoms with Crippen molar-refractivity contribution in [1.29, 1.82) is 0 Å². The largest absolute Gasteiger partial charge is 0.504 e. The Morgan fingerprint density at radius 1 is 1.03 bits per heavy atom. The first-order chi connectivity index (χ1) is 14.4. The van der Waals surface area contributed by atoms with Gasteiger partial charge in [-0.05, 0) is 49.3 Å². The van der Waals surface area contributed by atoms with Gasteiger partial charge in [0.1, 0.15) is 0 Å². The summed E-state index contributed by atoms with van der Waals surface area (Å²) in [6.07, 6.45) is 4.80. The zero-order chi connectivity index (χ0) is 21.7. The van der Waals surface area contributed by atoms with Gasteiger partial charge >= 0.3 is 5.97 Å². The van der Waals surface area contributed by atoms with Gasteiger partial charge in [0, 0.05) is 10.9 Å². The molecule has 0 heterocycles. The van der Waals surface area contributed by atoms with Crippen molar-refractivity contribution in [3.8, 4) is 11.5 Å². The average Bonchev–Trinajstić information content (AvgIpc) is 2.72. The molecule has 4 heteroatoms. The van der Waals surface area contributed by atoms with Crippen LogP contribution in [0.15, 0.2) is 72.3 Å². The Bertz CT molecular complexity index is 1120. The lowest BCUT2D eigenvalue weighted by molar-refractivity contribution is -0.130. The van der Waals surface area contributed by atoms with E-state index >= 15 is 0 Å². The van der Waals surface area contributed by atoms with Crippen molar-refractivity contribution in [2.45, 2.75) is 26.7 Å². The van der Waals surface area contributed by atoms with Gasteiger partial charge in [-0.15, -0.1) is 0 Å². The van der Waals surface area contributed by atoms with E-state index in [0.717, 1.165) is 16.7 Å². The number of hydrogen-bond acceptors (Lipinski definition) is 3. The van der Waals surface area contributed by atoms with Crippen LogP contribution < -0.4 is 4.74 Å². The van der Waals surface area contributed by atoms with Crippen molar-refractivity contribution in [3.63, 3.8) is 0 Å². The molecule has 154 valence electrons. The van der Waals surface area contributed by atoms with Crippen LogP contribution in [0, 0.1) is 0 Å². The van der Waals surface area contributed by atoms with Crippen LogP contribution in [0.2, 0.25) is 0 Å². The number of phenolic OH excluding ortho intramolecular Hbond substituents is 1. The molecule has 0 aliphatic carbocycles. The van der Waals surface area contributed by atoms with Gasteiger partial charge in [0.2, 0.25) is 0 Å². The minimum Gasteiger partial charge on any atom is -0.504 e. The molecule has 3 aromatic carbocycles. The Balaban J connectivity index is 2.25. The zero-order valence-corrected chi connectivity index (χ0v) is 17.5. The molecule has 0 aromatic heterocycles. The van der Waals surface area contributed by atoms with Crippen molar-refractivity contribution in [2.24, 2.45) is 0 Å².